The van der Waals surface area contributed by atoms with Crippen LogP contribution in [0.1, 0.15) is 34.8 Å². The third kappa shape index (κ3) is 2.88. The van der Waals surface area contributed by atoms with Gasteiger partial charge >= 0.3 is 0 Å². The van der Waals surface area contributed by atoms with E-state index in [1.165, 1.54) is 10.6 Å². The van der Waals surface area contributed by atoms with Crippen molar-refractivity contribution in [2.24, 2.45) is 7.05 Å². The van der Waals surface area contributed by atoms with E-state index >= 15 is 0 Å². The third-order valence-corrected chi connectivity index (χ3v) is 3.86. The maximum atomic E-state index is 12.4. The molecule has 0 fully saturated rings. The van der Waals surface area contributed by atoms with Crippen LogP contribution in [0.5, 0.6) is 5.75 Å². The minimum Gasteiger partial charge on any atom is -0.493 e. The van der Waals surface area contributed by atoms with E-state index in [9.17, 15) is 9.59 Å². The van der Waals surface area contributed by atoms with Gasteiger partial charge in [0.2, 0.25) is 0 Å². The molecule has 0 unspecified atom stereocenters. The van der Waals surface area contributed by atoms with Gasteiger partial charge in [0.1, 0.15) is 5.75 Å². The van der Waals surface area contributed by atoms with Crippen LogP contribution in [-0.4, -0.2) is 17.1 Å². The Labute approximate surface area is 128 Å². The molecule has 1 aliphatic heterocycles. The number of hydrogen-bond donors (Lipinski definition) is 1. The number of aromatic nitrogens is 1. The van der Waals surface area contributed by atoms with Crippen LogP contribution in [-0.2, 0) is 7.05 Å². The molecule has 5 heteroatoms. The van der Waals surface area contributed by atoms with Gasteiger partial charge in [-0.3, -0.25) is 9.59 Å². The molecule has 1 aromatic heterocycles. The number of amides is 1. The zero-order valence-electron chi connectivity index (χ0n) is 12.4. The normalized spacial score (nSPS) is 17.0. The second kappa shape index (κ2) is 6.05. The number of benzene rings is 1. The van der Waals surface area contributed by atoms with Gasteiger partial charge in [-0.05, 0) is 25.0 Å². The molecule has 1 N–H and O–H groups in total. The maximum absolute atomic E-state index is 12.4. The van der Waals surface area contributed by atoms with E-state index < -0.39 is 0 Å². The van der Waals surface area contributed by atoms with Crippen molar-refractivity contribution in [3.8, 4) is 5.75 Å². The van der Waals surface area contributed by atoms with Crippen LogP contribution in [0, 0.1) is 0 Å². The summed E-state index contributed by atoms with van der Waals surface area (Å²) in [6, 6.07) is 10.6. The van der Waals surface area contributed by atoms with Gasteiger partial charge in [0.05, 0.1) is 12.6 Å². The first-order valence-corrected chi connectivity index (χ1v) is 7.34. The minimum absolute atomic E-state index is 0.102. The molecule has 0 spiro atoms. The SMILES string of the molecule is Cn1ccc(C(=O)N[C@H]2CCCOc3ccccc32)cc1=O. The predicted octanol–water partition coefficient (Wildman–Crippen LogP) is 2.03. The first-order valence-electron chi connectivity index (χ1n) is 7.34. The predicted molar refractivity (Wildman–Crippen MR) is 83.1 cm³/mol. The molecule has 2 heterocycles. The van der Waals surface area contributed by atoms with E-state index in [4.69, 9.17) is 4.74 Å². The molecule has 1 aliphatic rings. The lowest BCUT2D eigenvalue weighted by Crippen LogP contribution is -2.29. The fourth-order valence-corrected chi connectivity index (χ4v) is 2.61. The number of nitrogens with zero attached hydrogens (tertiary/aromatic N) is 1. The van der Waals surface area contributed by atoms with Gasteiger partial charge in [-0.1, -0.05) is 18.2 Å². The molecule has 1 atom stereocenters. The summed E-state index contributed by atoms with van der Waals surface area (Å²) < 4.78 is 7.13. The molecule has 1 aromatic carbocycles. The number of rotatable bonds is 2. The van der Waals surface area contributed by atoms with Crippen molar-refractivity contribution in [2.75, 3.05) is 6.61 Å². The van der Waals surface area contributed by atoms with Crippen LogP contribution >= 0.6 is 0 Å². The molecular weight excluding hydrogens is 280 g/mol. The van der Waals surface area contributed by atoms with Crippen molar-refractivity contribution in [1.29, 1.82) is 0 Å². The molecule has 0 saturated carbocycles. The lowest BCUT2D eigenvalue weighted by molar-refractivity contribution is 0.0934. The number of aryl methyl sites for hydroxylation is 1. The van der Waals surface area contributed by atoms with Crippen molar-refractivity contribution < 1.29 is 9.53 Å². The first-order chi connectivity index (χ1) is 10.6. The largest absolute Gasteiger partial charge is 0.493 e. The van der Waals surface area contributed by atoms with E-state index in [1.807, 2.05) is 24.3 Å². The van der Waals surface area contributed by atoms with E-state index in [1.54, 1.807) is 19.3 Å². The lowest BCUT2D eigenvalue weighted by Gasteiger charge is -2.18. The van der Waals surface area contributed by atoms with Gasteiger partial charge < -0.3 is 14.6 Å². The molecule has 114 valence electrons. The molecular formula is C17H18N2O3. The summed E-state index contributed by atoms with van der Waals surface area (Å²) in [6.45, 7) is 0.648. The summed E-state index contributed by atoms with van der Waals surface area (Å²) in [5, 5.41) is 3.01. The molecule has 0 saturated heterocycles. The number of pyridine rings is 1. The van der Waals surface area contributed by atoms with Crippen LogP contribution in [0.25, 0.3) is 0 Å². The Hall–Kier alpha value is -2.56. The van der Waals surface area contributed by atoms with Gasteiger partial charge in [-0.25, -0.2) is 0 Å². The van der Waals surface area contributed by atoms with E-state index in [2.05, 4.69) is 5.32 Å². The first kappa shape index (κ1) is 14.4. The number of carbonyl (C=O) groups excluding carboxylic acids is 1. The fraction of sp³-hybridized carbons (Fsp3) is 0.294. The number of carbonyl (C=O) groups is 1. The highest BCUT2D eigenvalue weighted by Gasteiger charge is 2.21. The van der Waals surface area contributed by atoms with Crippen LogP contribution in [0.4, 0.5) is 0 Å². The molecule has 1 amide bonds. The van der Waals surface area contributed by atoms with E-state index in [0.29, 0.717) is 12.2 Å². The highest BCUT2D eigenvalue weighted by atomic mass is 16.5. The third-order valence-electron chi connectivity index (χ3n) is 3.86. The van der Waals surface area contributed by atoms with Gasteiger partial charge in [-0.2, -0.15) is 0 Å². The monoisotopic (exact) mass is 298 g/mol. The molecule has 5 nitrogen and oxygen atoms in total. The second-order valence-corrected chi connectivity index (χ2v) is 5.42. The number of fused-ring (bicyclic) bond motifs is 1. The Morgan fingerprint density at radius 1 is 1.32 bits per heavy atom. The number of hydrogen-bond acceptors (Lipinski definition) is 3. The molecule has 22 heavy (non-hydrogen) atoms. The zero-order chi connectivity index (χ0) is 15.5. The topological polar surface area (TPSA) is 60.3 Å². The van der Waals surface area contributed by atoms with E-state index in [0.717, 1.165) is 24.2 Å². The van der Waals surface area contributed by atoms with Gasteiger partial charge in [0.25, 0.3) is 11.5 Å². The van der Waals surface area contributed by atoms with Gasteiger partial charge in [0.15, 0.2) is 0 Å². The van der Waals surface area contributed by atoms with Crippen molar-refractivity contribution in [2.45, 2.75) is 18.9 Å². The summed E-state index contributed by atoms with van der Waals surface area (Å²) in [6.07, 6.45) is 3.28. The quantitative estimate of drug-likeness (QED) is 0.923. The van der Waals surface area contributed by atoms with Gasteiger partial charge in [0, 0.05) is 30.4 Å². The van der Waals surface area contributed by atoms with Crippen LogP contribution in [0.3, 0.4) is 0 Å². The van der Waals surface area contributed by atoms with Gasteiger partial charge in [-0.15, -0.1) is 0 Å². The Bertz CT molecular complexity index is 752. The average molecular weight is 298 g/mol. The van der Waals surface area contributed by atoms with Crippen molar-refractivity contribution >= 4 is 5.91 Å². The summed E-state index contributed by atoms with van der Waals surface area (Å²) in [7, 11) is 1.66. The Morgan fingerprint density at radius 3 is 2.95 bits per heavy atom. The molecule has 0 bridgehead atoms. The highest BCUT2D eigenvalue weighted by molar-refractivity contribution is 5.94. The van der Waals surface area contributed by atoms with Crippen molar-refractivity contribution in [1.82, 2.24) is 9.88 Å². The van der Waals surface area contributed by atoms with Crippen molar-refractivity contribution in [3.63, 3.8) is 0 Å². The fourth-order valence-electron chi connectivity index (χ4n) is 2.61. The lowest BCUT2D eigenvalue weighted by atomic mass is 10.0. The van der Waals surface area contributed by atoms with Crippen LogP contribution < -0.4 is 15.6 Å². The summed E-state index contributed by atoms with van der Waals surface area (Å²) in [5.41, 5.74) is 1.17. The minimum atomic E-state index is -0.237. The maximum Gasteiger partial charge on any atom is 0.252 e. The second-order valence-electron chi connectivity index (χ2n) is 5.42. The standard InChI is InChI=1S/C17H18N2O3/c1-19-9-8-12(11-16(19)20)17(21)18-14-6-4-10-22-15-7-3-2-5-13(14)15/h2-3,5,7-9,11,14H,4,6,10H2,1H3,(H,18,21)/t14-/m0/s1. The number of ether oxygens (including phenoxy) is 1. The smallest absolute Gasteiger partial charge is 0.252 e. The molecule has 3 rings (SSSR count). The summed E-state index contributed by atoms with van der Waals surface area (Å²) >= 11 is 0. The van der Waals surface area contributed by atoms with Crippen molar-refractivity contribution in [3.05, 3.63) is 64.1 Å². The number of nitrogens with one attached hydrogen (secondary N) is 1. The van der Waals surface area contributed by atoms with Crippen LogP contribution in [0.2, 0.25) is 0 Å². The Morgan fingerprint density at radius 2 is 2.14 bits per heavy atom. The zero-order valence-corrected chi connectivity index (χ0v) is 12.4. The highest BCUT2D eigenvalue weighted by Crippen LogP contribution is 2.31. The van der Waals surface area contributed by atoms with E-state index in [-0.39, 0.29) is 17.5 Å². The molecule has 0 radical (unpaired) electrons. The number of para-hydroxylation sites is 1. The summed E-state index contributed by atoms with van der Waals surface area (Å²) in [5.74, 6) is 0.577. The Balaban J connectivity index is 1.84. The average Bonchev–Trinajstić information content (AvgIpc) is 2.73. The molecule has 0 aliphatic carbocycles. The molecule has 2 aromatic rings. The summed E-state index contributed by atoms with van der Waals surface area (Å²) in [4.78, 5) is 24.1. The Kier molecular flexibility index (Phi) is 3.96. The van der Waals surface area contributed by atoms with Crippen LogP contribution in [0.15, 0.2) is 47.4 Å².